The van der Waals surface area contributed by atoms with E-state index in [1.54, 1.807) is 12.5 Å². The summed E-state index contributed by atoms with van der Waals surface area (Å²) in [6.45, 7) is 3.43. The highest BCUT2D eigenvalue weighted by Gasteiger charge is 2.41. The van der Waals surface area contributed by atoms with Crippen LogP contribution in [0.1, 0.15) is 40.7 Å². The number of aromatic nitrogens is 2. The van der Waals surface area contributed by atoms with Gasteiger partial charge in [-0.15, -0.1) is 0 Å². The Morgan fingerprint density at radius 2 is 1.89 bits per heavy atom. The molecule has 1 aromatic heterocycles. The number of amides is 2. The van der Waals surface area contributed by atoms with Crippen LogP contribution in [0.15, 0.2) is 73.3 Å². The van der Waals surface area contributed by atoms with Crippen LogP contribution in [0.5, 0.6) is 0 Å². The van der Waals surface area contributed by atoms with Crippen LogP contribution in [0.25, 0.3) is 0 Å². The van der Waals surface area contributed by atoms with Gasteiger partial charge in [-0.1, -0.05) is 42.5 Å². The monoisotopic (exact) mass is 472 g/mol. The average molecular weight is 473 g/mol. The number of rotatable bonds is 6. The lowest BCUT2D eigenvalue weighted by atomic mass is 9.92. The van der Waals surface area contributed by atoms with Gasteiger partial charge < -0.3 is 19.1 Å². The summed E-state index contributed by atoms with van der Waals surface area (Å²) >= 11 is 0. The molecule has 2 aliphatic rings. The highest BCUT2D eigenvalue weighted by atomic mass is 16.5. The summed E-state index contributed by atoms with van der Waals surface area (Å²) in [7, 11) is 0. The van der Waals surface area contributed by atoms with Crippen LogP contribution < -0.4 is 0 Å². The van der Waals surface area contributed by atoms with Gasteiger partial charge in [0, 0.05) is 50.7 Å². The molecule has 0 radical (unpaired) electrons. The van der Waals surface area contributed by atoms with Gasteiger partial charge in [0.25, 0.3) is 5.91 Å². The molecule has 2 amide bonds. The number of hydrogen-bond acceptors (Lipinski definition) is 4. The van der Waals surface area contributed by atoms with E-state index in [-0.39, 0.29) is 24.0 Å². The predicted octanol–water partition coefficient (Wildman–Crippen LogP) is 3.40. The van der Waals surface area contributed by atoms with Crippen molar-refractivity contribution in [2.75, 3.05) is 32.8 Å². The lowest BCUT2D eigenvalue weighted by Crippen LogP contribution is -2.55. The van der Waals surface area contributed by atoms with Gasteiger partial charge in [-0.2, -0.15) is 0 Å². The molecule has 0 aliphatic carbocycles. The van der Waals surface area contributed by atoms with E-state index in [0.29, 0.717) is 38.3 Å². The maximum absolute atomic E-state index is 13.4. The first-order chi connectivity index (χ1) is 17.1. The molecular weight excluding hydrogens is 440 g/mol. The molecule has 0 N–H and O–H groups in total. The first-order valence-corrected chi connectivity index (χ1v) is 12.4. The quantitative estimate of drug-likeness (QED) is 0.552. The second-order valence-corrected chi connectivity index (χ2v) is 9.60. The summed E-state index contributed by atoms with van der Waals surface area (Å²) in [4.78, 5) is 33.9. The topological polar surface area (TPSA) is 67.7 Å². The Kier molecular flexibility index (Phi) is 6.95. The molecule has 0 saturated carbocycles. The van der Waals surface area contributed by atoms with Crippen molar-refractivity contribution in [1.82, 2.24) is 19.4 Å². The lowest BCUT2D eigenvalue weighted by Gasteiger charge is -2.42. The molecule has 5 rings (SSSR count). The summed E-state index contributed by atoms with van der Waals surface area (Å²) < 4.78 is 8.15. The Hall–Kier alpha value is -3.45. The number of ether oxygens (including phenoxy) is 1. The molecule has 7 nitrogen and oxygen atoms in total. The van der Waals surface area contributed by atoms with E-state index in [1.807, 2.05) is 63.0 Å². The van der Waals surface area contributed by atoms with Crippen molar-refractivity contribution >= 4 is 11.8 Å². The van der Waals surface area contributed by atoms with Crippen LogP contribution in [-0.4, -0.2) is 69.6 Å². The maximum atomic E-state index is 13.4. The van der Waals surface area contributed by atoms with Gasteiger partial charge in [-0.25, -0.2) is 4.98 Å². The summed E-state index contributed by atoms with van der Waals surface area (Å²) in [5, 5.41) is 0. The highest BCUT2D eigenvalue weighted by molar-refractivity contribution is 5.94. The summed E-state index contributed by atoms with van der Waals surface area (Å²) in [5.74, 6) is 0.112. The van der Waals surface area contributed by atoms with Gasteiger partial charge in [0.1, 0.15) is 6.61 Å². The molecule has 1 spiro atoms. The van der Waals surface area contributed by atoms with E-state index >= 15 is 0 Å². The van der Waals surface area contributed by atoms with Gasteiger partial charge in [-0.3, -0.25) is 9.59 Å². The van der Waals surface area contributed by atoms with Crippen molar-refractivity contribution in [1.29, 1.82) is 0 Å². The fraction of sp³-hybridized carbons (Fsp3) is 0.393. The van der Waals surface area contributed by atoms with Gasteiger partial charge in [0.05, 0.1) is 11.9 Å². The van der Waals surface area contributed by atoms with Crippen LogP contribution in [0.3, 0.4) is 0 Å². The molecule has 35 heavy (non-hydrogen) atoms. The highest BCUT2D eigenvalue weighted by Crippen LogP contribution is 2.31. The fourth-order valence-corrected chi connectivity index (χ4v) is 5.15. The van der Waals surface area contributed by atoms with E-state index in [9.17, 15) is 9.59 Å². The standard InChI is InChI=1S/C28H32N4O3/c33-26-20-35-28(21-32(26)15-10-23-6-2-1-3-7-23)11-5-14-31(16-12-28)27(34)25-9-4-8-24(18-25)19-30-17-13-29-22-30/h1-4,6-9,13,17-18,22H,5,10-12,14-16,19-21H2. The molecule has 1 unspecified atom stereocenters. The van der Waals surface area contributed by atoms with Gasteiger partial charge in [0.2, 0.25) is 5.91 Å². The van der Waals surface area contributed by atoms with E-state index < -0.39 is 0 Å². The van der Waals surface area contributed by atoms with Gasteiger partial charge in [-0.05, 0) is 48.9 Å². The average Bonchev–Trinajstić information content (AvgIpc) is 3.31. The number of morpholine rings is 1. The Morgan fingerprint density at radius 1 is 1.03 bits per heavy atom. The van der Waals surface area contributed by atoms with Crippen molar-refractivity contribution < 1.29 is 14.3 Å². The third-order valence-corrected chi connectivity index (χ3v) is 7.13. The minimum atomic E-state index is -0.372. The van der Waals surface area contributed by atoms with Crippen LogP contribution >= 0.6 is 0 Å². The first-order valence-electron chi connectivity index (χ1n) is 12.4. The number of hydrogen-bond donors (Lipinski definition) is 0. The van der Waals surface area contributed by atoms with Crippen molar-refractivity contribution in [3.05, 3.63) is 90.0 Å². The molecule has 2 aliphatic heterocycles. The van der Waals surface area contributed by atoms with Gasteiger partial charge >= 0.3 is 0 Å². The summed E-state index contributed by atoms with van der Waals surface area (Å²) in [6.07, 6.45) is 8.74. The van der Waals surface area contributed by atoms with E-state index in [0.717, 1.165) is 31.2 Å². The van der Waals surface area contributed by atoms with E-state index in [4.69, 9.17) is 4.74 Å². The molecule has 1 atom stereocenters. The maximum Gasteiger partial charge on any atom is 0.253 e. The number of nitrogens with zero attached hydrogens (tertiary/aromatic N) is 4. The zero-order chi connectivity index (χ0) is 24.1. The Morgan fingerprint density at radius 3 is 2.71 bits per heavy atom. The molecule has 2 aromatic carbocycles. The molecule has 7 heteroatoms. The number of benzene rings is 2. The third kappa shape index (κ3) is 5.62. The van der Waals surface area contributed by atoms with Crippen molar-refractivity contribution in [3.63, 3.8) is 0 Å². The first kappa shape index (κ1) is 23.3. The van der Waals surface area contributed by atoms with Gasteiger partial charge in [0.15, 0.2) is 0 Å². The second kappa shape index (κ2) is 10.4. The largest absolute Gasteiger partial charge is 0.363 e. The SMILES string of the molecule is O=C1COC2(CCCN(C(=O)c3cccc(Cn4ccnc4)c3)CC2)CN1CCc1ccccc1. The predicted molar refractivity (Wildman–Crippen MR) is 133 cm³/mol. The lowest BCUT2D eigenvalue weighted by molar-refractivity contribution is -0.165. The minimum Gasteiger partial charge on any atom is -0.363 e. The molecular formula is C28H32N4O3. The number of carbonyl (C=O) groups is 2. The third-order valence-electron chi connectivity index (χ3n) is 7.13. The molecule has 3 heterocycles. The molecule has 3 aromatic rings. The number of carbonyl (C=O) groups excluding carboxylic acids is 2. The van der Waals surface area contributed by atoms with Crippen molar-refractivity contribution in [3.8, 4) is 0 Å². The summed E-state index contributed by atoms with van der Waals surface area (Å²) in [5.41, 5.74) is 2.64. The number of likely N-dealkylation sites (tertiary alicyclic amines) is 1. The summed E-state index contributed by atoms with van der Waals surface area (Å²) in [6, 6.07) is 18.1. The Balaban J connectivity index is 1.21. The Labute approximate surface area is 206 Å². The molecule has 2 saturated heterocycles. The van der Waals surface area contributed by atoms with E-state index in [1.165, 1.54) is 5.56 Å². The zero-order valence-electron chi connectivity index (χ0n) is 20.0. The van der Waals surface area contributed by atoms with Crippen molar-refractivity contribution in [2.24, 2.45) is 0 Å². The zero-order valence-corrected chi connectivity index (χ0v) is 20.0. The van der Waals surface area contributed by atoms with Crippen molar-refractivity contribution in [2.45, 2.75) is 37.8 Å². The molecule has 0 bridgehead atoms. The van der Waals surface area contributed by atoms with Crippen LogP contribution in [0, 0.1) is 0 Å². The smallest absolute Gasteiger partial charge is 0.253 e. The van der Waals surface area contributed by atoms with Crippen LogP contribution in [0.4, 0.5) is 0 Å². The van der Waals surface area contributed by atoms with Crippen LogP contribution in [-0.2, 0) is 22.5 Å². The minimum absolute atomic E-state index is 0.0541. The molecule has 2 fully saturated rings. The Bertz CT molecular complexity index is 1150. The fourth-order valence-electron chi connectivity index (χ4n) is 5.15. The van der Waals surface area contributed by atoms with Crippen LogP contribution in [0.2, 0.25) is 0 Å². The van der Waals surface area contributed by atoms with E-state index in [2.05, 4.69) is 17.1 Å². The normalized spacial score (nSPS) is 20.7. The number of imidazole rings is 1. The molecule has 182 valence electrons. The second-order valence-electron chi connectivity index (χ2n) is 9.60.